The Hall–Kier alpha value is -2.15. The maximum atomic E-state index is 13.4. The van der Waals surface area contributed by atoms with Crippen molar-refractivity contribution < 1.29 is 23.9 Å². The van der Waals surface area contributed by atoms with E-state index >= 15 is 0 Å². The Balaban J connectivity index is 2.17. The fourth-order valence-corrected chi connectivity index (χ4v) is 4.69. The maximum absolute atomic E-state index is 13.4. The van der Waals surface area contributed by atoms with Gasteiger partial charge < -0.3 is 19.7 Å². The number of carbonyl (C=O) groups is 3. The molecule has 0 unspecified atom stereocenters. The first-order valence-corrected chi connectivity index (χ1v) is 12.2. The zero-order chi connectivity index (χ0) is 23.4. The van der Waals surface area contributed by atoms with Crippen LogP contribution in [0.2, 0.25) is 0 Å². The Bertz CT molecular complexity index is 690. The number of unbranched alkanes of at least 4 members (excludes halogenated alkanes) is 1. The van der Waals surface area contributed by atoms with Crippen LogP contribution in [0.5, 0.6) is 0 Å². The summed E-state index contributed by atoms with van der Waals surface area (Å²) < 4.78 is 11.0. The first-order chi connectivity index (χ1) is 15.5. The third-order valence-electron chi connectivity index (χ3n) is 6.29. The van der Waals surface area contributed by atoms with Crippen LogP contribution in [0.3, 0.4) is 0 Å². The summed E-state index contributed by atoms with van der Waals surface area (Å²) in [6.45, 7) is 10.0. The molecule has 1 saturated heterocycles. The van der Waals surface area contributed by atoms with Crippen LogP contribution in [0.15, 0.2) is 24.4 Å². The van der Waals surface area contributed by atoms with Gasteiger partial charge in [0.25, 0.3) is 0 Å². The summed E-state index contributed by atoms with van der Waals surface area (Å²) in [5, 5.41) is 2.90. The molecule has 1 aliphatic carbocycles. The number of nitrogens with one attached hydrogen (secondary N) is 1. The van der Waals surface area contributed by atoms with E-state index in [0.29, 0.717) is 38.2 Å². The number of amides is 2. The molecule has 1 fully saturated rings. The van der Waals surface area contributed by atoms with Crippen LogP contribution in [-0.2, 0) is 23.9 Å². The molecule has 1 N–H and O–H groups in total. The molecule has 2 rings (SSSR count). The van der Waals surface area contributed by atoms with Gasteiger partial charge in [-0.05, 0) is 39.0 Å². The van der Waals surface area contributed by atoms with E-state index in [-0.39, 0.29) is 24.8 Å². The van der Waals surface area contributed by atoms with Crippen LogP contribution in [-0.4, -0.2) is 55.6 Å². The summed E-state index contributed by atoms with van der Waals surface area (Å²) in [7, 11) is 0. The van der Waals surface area contributed by atoms with Gasteiger partial charge in [0, 0.05) is 38.4 Å². The van der Waals surface area contributed by atoms with Gasteiger partial charge in [-0.25, -0.2) is 0 Å². The highest BCUT2D eigenvalue weighted by molar-refractivity contribution is 5.98. The topological polar surface area (TPSA) is 84.9 Å². The molecule has 180 valence electrons. The van der Waals surface area contributed by atoms with Gasteiger partial charge in [0.1, 0.15) is 5.41 Å². The predicted octanol–water partition coefficient (Wildman–Crippen LogP) is 3.74. The van der Waals surface area contributed by atoms with E-state index in [1.807, 2.05) is 6.08 Å². The summed E-state index contributed by atoms with van der Waals surface area (Å²) in [5.74, 6) is -1.56. The smallest absolute Gasteiger partial charge is 0.318 e. The maximum Gasteiger partial charge on any atom is 0.318 e. The second-order valence-electron chi connectivity index (χ2n) is 8.54. The van der Waals surface area contributed by atoms with Gasteiger partial charge in [0.05, 0.1) is 12.5 Å². The standard InChI is InChI=1S/C25H40N2O5/c1-4-7-17-31-18-12-15-26-22(28)19-20-23(29)27(16-5-2)21-13-10-8-9-11-14-25(20,21)24(30)32-6-3/h5,13,20H,2,4,6-12,14-19H2,1,3H3,(H,26,28)/b21-13+/t20-,25-/m1/s1. The van der Waals surface area contributed by atoms with Gasteiger partial charge in [-0.15, -0.1) is 6.58 Å². The van der Waals surface area contributed by atoms with Gasteiger partial charge in [-0.1, -0.05) is 38.3 Å². The molecule has 0 aromatic heterocycles. The van der Waals surface area contributed by atoms with E-state index in [2.05, 4.69) is 18.8 Å². The molecule has 2 aliphatic rings. The lowest BCUT2D eigenvalue weighted by atomic mass is 9.69. The Morgan fingerprint density at radius 3 is 2.75 bits per heavy atom. The summed E-state index contributed by atoms with van der Waals surface area (Å²) in [4.78, 5) is 41.2. The first-order valence-electron chi connectivity index (χ1n) is 12.2. The van der Waals surface area contributed by atoms with Crippen LogP contribution >= 0.6 is 0 Å². The Kier molecular flexibility index (Phi) is 10.9. The zero-order valence-corrected chi connectivity index (χ0v) is 19.8. The number of hydrogen-bond donors (Lipinski definition) is 1. The average Bonchev–Trinajstić information content (AvgIpc) is 2.96. The van der Waals surface area contributed by atoms with Crippen LogP contribution in [0.25, 0.3) is 0 Å². The molecule has 0 radical (unpaired) electrons. The van der Waals surface area contributed by atoms with Gasteiger partial charge in [-0.2, -0.15) is 0 Å². The lowest BCUT2D eigenvalue weighted by molar-refractivity contribution is -0.158. The van der Waals surface area contributed by atoms with Gasteiger partial charge in [0.2, 0.25) is 11.8 Å². The van der Waals surface area contributed by atoms with Gasteiger partial charge in [-0.3, -0.25) is 14.4 Å². The monoisotopic (exact) mass is 448 g/mol. The summed E-state index contributed by atoms with van der Waals surface area (Å²) in [6, 6.07) is 0. The molecular formula is C25H40N2O5. The molecule has 1 aliphatic heterocycles. The molecule has 2 atom stereocenters. The molecule has 7 nitrogen and oxygen atoms in total. The van der Waals surface area contributed by atoms with Crippen LogP contribution in [0, 0.1) is 11.3 Å². The van der Waals surface area contributed by atoms with E-state index in [9.17, 15) is 14.4 Å². The normalized spacial score (nSPS) is 24.7. The number of ether oxygens (including phenoxy) is 2. The lowest BCUT2D eigenvalue weighted by Crippen LogP contribution is -2.42. The molecule has 0 saturated carbocycles. The number of allylic oxidation sites excluding steroid dienone is 1. The highest BCUT2D eigenvalue weighted by Gasteiger charge is 2.61. The van der Waals surface area contributed by atoms with Crippen molar-refractivity contribution in [2.75, 3.05) is 32.9 Å². The minimum Gasteiger partial charge on any atom is -0.465 e. The predicted molar refractivity (Wildman–Crippen MR) is 124 cm³/mol. The van der Waals surface area contributed by atoms with Crippen molar-refractivity contribution in [3.8, 4) is 0 Å². The number of fused-ring (bicyclic) bond motifs is 1. The Morgan fingerprint density at radius 1 is 1.25 bits per heavy atom. The van der Waals surface area contributed by atoms with Crippen LogP contribution < -0.4 is 5.32 Å². The zero-order valence-electron chi connectivity index (χ0n) is 19.8. The number of hydrogen-bond acceptors (Lipinski definition) is 5. The fourth-order valence-electron chi connectivity index (χ4n) is 4.69. The molecule has 0 spiro atoms. The molecule has 2 amide bonds. The SMILES string of the molecule is C=CCN1C(=O)[C@@H](CC(=O)NCCCOCCCC)[C@]2(C(=O)OCC)CCCCC/C=C/12. The van der Waals surface area contributed by atoms with Crippen molar-refractivity contribution in [2.24, 2.45) is 11.3 Å². The second-order valence-corrected chi connectivity index (χ2v) is 8.54. The summed E-state index contributed by atoms with van der Waals surface area (Å²) >= 11 is 0. The number of esters is 1. The van der Waals surface area contributed by atoms with Crippen LogP contribution in [0.4, 0.5) is 0 Å². The van der Waals surface area contributed by atoms with Crippen molar-refractivity contribution in [1.82, 2.24) is 10.2 Å². The molecule has 32 heavy (non-hydrogen) atoms. The van der Waals surface area contributed by atoms with Crippen molar-refractivity contribution in [3.63, 3.8) is 0 Å². The van der Waals surface area contributed by atoms with Crippen LogP contribution in [0.1, 0.15) is 71.6 Å². The van der Waals surface area contributed by atoms with E-state index in [4.69, 9.17) is 9.47 Å². The van der Waals surface area contributed by atoms with E-state index < -0.39 is 17.3 Å². The third-order valence-corrected chi connectivity index (χ3v) is 6.29. The number of nitrogens with zero attached hydrogens (tertiary/aromatic N) is 1. The molecular weight excluding hydrogens is 408 g/mol. The third kappa shape index (κ3) is 6.21. The summed E-state index contributed by atoms with van der Waals surface area (Å²) in [5.41, 5.74) is -0.403. The Labute approximate surface area is 192 Å². The minimum absolute atomic E-state index is 0.0285. The first kappa shape index (κ1) is 26.1. The van der Waals surface area contributed by atoms with E-state index in [0.717, 1.165) is 45.1 Å². The number of rotatable bonds is 13. The van der Waals surface area contributed by atoms with Gasteiger partial charge >= 0.3 is 5.97 Å². The second kappa shape index (κ2) is 13.4. The molecule has 1 heterocycles. The van der Waals surface area contributed by atoms with E-state index in [1.54, 1.807) is 17.9 Å². The van der Waals surface area contributed by atoms with Crippen molar-refractivity contribution in [2.45, 2.75) is 71.6 Å². The molecule has 7 heteroatoms. The molecule has 0 aromatic carbocycles. The number of likely N-dealkylation sites (tertiary alicyclic amines) is 1. The minimum atomic E-state index is -1.10. The quantitative estimate of drug-likeness (QED) is 0.264. The largest absolute Gasteiger partial charge is 0.465 e. The van der Waals surface area contributed by atoms with Gasteiger partial charge in [0.15, 0.2) is 0 Å². The summed E-state index contributed by atoms with van der Waals surface area (Å²) in [6.07, 6.45) is 10.6. The number of carbonyl (C=O) groups excluding carboxylic acids is 3. The van der Waals surface area contributed by atoms with E-state index in [1.165, 1.54) is 0 Å². The average molecular weight is 449 g/mol. The Morgan fingerprint density at radius 2 is 2.03 bits per heavy atom. The molecule has 0 aromatic rings. The van der Waals surface area contributed by atoms with Crippen molar-refractivity contribution in [1.29, 1.82) is 0 Å². The highest BCUT2D eigenvalue weighted by atomic mass is 16.5. The highest BCUT2D eigenvalue weighted by Crippen LogP contribution is 2.52. The van der Waals surface area contributed by atoms with Crippen molar-refractivity contribution in [3.05, 3.63) is 24.4 Å². The fraction of sp³-hybridized carbons (Fsp3) is 0.720. The van der Waals surface area contributed by atoms with Crippen molar-refractivity contribution >= 4 is 17.8 Å². The lowest BCUT2D eigenvalue weighted by Gasteiger charge is -2.34. The molecule has 0 bridgehead atoms.